The molecule has 0 bridgehead atoms. The SMILES string of the molecule is CCCC[P+](CCCC)(CCCC)Cc1ccc([NH2+]C(=O)[C@H](Cc2ccccc2)NC(=NC2CCCCC2)[N-]C2CCCCC2)cc1. The van der Waals surface area contributed by atoms with Crippen molar-refractivity contribution in [2.24, 2.45) is 4.99 Å². The van der Waals surface area contributed by atoms with Crippen LogP contribution in [0.2, 0.25) is 0 Å². The number of benzene rings is 2. The second-order valence-electron chi connectivity index (χ2n) is 14.6. The minimum absolute atomic E-state index is 0.104. The maximum Gasteiger partial charge on any atom is 0.324 e. The van der Waals surface area contributed by atoms with Crippen LogP contribution in [0, 0.1) is 0 Å². The van der Waals surface area contributed by atoms with Crippen LogP contribution in [0.25, 0.3) is 5.32 Å². The predicted octanol–water partition coefficient (Wildman–Crippen LogP) is 9.92. The summed E-state index contributed by atoms with van der Waals surface area (Å²) in [6.45, 7) is 7.01. The van der Waals surface area contributed by atoms with Crippen LogP contribution >= 0.6 is 7.26 Å². The van der Waals surface area contributed by atoms with E-state index in [1.165, 1.54) is 107 Å². The molecule has 2 fully saturated rings. The number of unbranched alkanes of at least 4 members (excludes halogenated alkanes) is 3. The van der Waals surface area contributed by atoms with Crippen LogP contribution < -0.4 is 10.6 Å². The molecule has 0 spiro atoms. The smallest absolute Gasteiger partial charge is 0.324 e. The van der Waals surface area contributed by atoms with Gasteiger partial charge in [0.25, 0.3) is 0 Å². The van der Waals surface area contributed by atoms with Crippen molar-refractivity contribution in [2.45, 2.75) is 154 Å². The Labute approximate surface area is 288 Å². The molecule has 6 heteroatoms. The fourth-order valence-corrected chi connectivity index (χ4v) is 12.6. The van der Waals surface area contributed by atoms with Crippen LogP contribution in [0.15, 0.2) is 59.6 Å². The molecule has 1 amide bonds. The maximum absolute atomic E-state index is 14.1. The molecular formula is C41H66N4OP+. The second-order valence-corrected chi connectivity index (χ2v) is 18.9. The average Bonchev–Trinajstić information content (AvgIpc) is 3.10. The van der Waals surface area contributed by atoms with Crippen molar-refractivity contribution < 1.29 is 10.1 Å². The Morgan fingerprint density at radius 1 is 0.787 bits per heavy atom. The molecule has 0 heterocycles. The molecule has 47 heavy (non-hydrogen) atoms. The quantitative estimate of drug-likeness (QED) is 0.0723. The molecule has 3 N–H and O–H groups in total. The number of amides is 1. The lowest BCUT2D eigenvalue weighted by atomic mass is 9.95. The van der Waals surface area contributed by atoms with E-state index in [0.717, 1.165) is 36.9 Å². The summed E-state index contributed by atoms with van der Waals surface area (Å²) in [6.07, 6.45) is 26.1. The van der Waals surface area contributed by atoms with E-state index in [9.17, 15) is 4.79 Å². The highest BCUT2D eigenvalue weighted by Gasteiger charge is 2.35. The van der Waals surface area contributed by atoms with Gasteiger partial charge < -0.3 is 15.6 Å². The van der Waals surface area contributed by atoms with Crippen molar-refractivity contribution in [3.63, 3.8) is 0 Å². The number of hydrogen-bond donors (Lipinski definition) is 2. The zero-order valence-corrected chi connectivity index (χ0v) is 31.0. The Bertz CT molecular complexity index is 1150. The van der Waals surface area contributed by atoms with E-state index in [0.29, 0.717) is 24.5 Å². The zero-order chi connectivity index (χ0) is 33.2. The first-order valence-corrected chi connectivity index (χ1v) is 22.0. The molecular weight excluding hydrogens is 595 g/mol. The molecule has 0 aliphatic heterocycles. The van der Waals surface area contributed by atoms with Crippen LogP contribution in [0.1, 0.15) is 135 Å². The lowest BCUT2D eigenvalue weighted by Crippen LogP contribution is -2.86. The Hall–Kier alpha value is -2.23. The Balaban J connectivity index is 1.50. The molecule has 2 saturated carbocycles. The molecule has 0 unspecified atom stereocenters. The van der Waals surface area contributed by atoms with Gasteiger partial charge in [0.1, 0.15) is 11.7 Å². The third kappa shape index (κ3) is 13.3. The van der Waals surface area contributed by atoms with Crippen molar-refractivity contribution in [1.82, 2.24) is 5.32 Å². The lowest BCUT2D eigenvalue weighted by Gasteiger charge is -2.34. The lowest BCUT2D eigenvalue weighted by molar-refractivity contribution is -0.485. The van der Waals surface area contributed by atoms with Gasteiger partial charge in [0, 0.05) is 13.2 Å². The molecule has 2 aromatic carbocycles. The highest BCUT2D eigenvalue weighted by molar-refractivity contribution is 7.75. The monoisotopic (exact) mass is 661 g/mol. The van der Waals surface area contributed by atoms with Crippen LogP contribution in [0.5, 0.6) is 0 Å². The van der Waals surface area contributed by atoms with Crippen molar-refractivity contribution >= 4 is 24.8 Å². The third-order valence-electron chi connectivity index (χ3n) is 10.5. The second kappa shape index (κ2) is 21.0. The van der Waals surface area contributed by atoms with E-state index < -0.39 is 13.3 Å². The third-order valence-corrected chi connectivity index (χ3v) is 15.3. The summed E-state index contributed by atoms with van der Waals surface area (Å²) in [6, 6.07) is 19.6. The van der Waals surface area contributed by atoms with Crippen LogP contribution in [0.4, 0.5) is 5.69 Å². The first-order chi connectivity index (χ1) is 23.0. The van der Waals surface area contributed by atoms with Crippen molar-refractivity contribution in [3.05, 3.63) is 71.0 Å². The largest absolute Gasteiger partial charge is 0.425 e. The molecule has 0 radical (unpaired) electrons. The van der Waals surface area contributed by atoms with Crippen molar-refractivity contribution in [1.29, 1.82) is 0 Å². The van der Waals surface area contributed by atoms with Gasteiger partial charge in [-0.15, -0.1) is 0 Å². The number of hydrogen-bond acceptors (Lipinski definition) is 2. The first kappa shape index (κ1) is 37.6. The van der Waals surface area contributed by atoms with Crippen LogP contribution in [-0.2, 0) is 17.4 Å². The summed E-state index contributed by atoms with van der Waals surface area (Å²) in [4.78, 5) is 19.3. The Kier molecular flexibility index (Phi) is 16.8. The number of guanidine groups is 1. The molecule has 1 atom stereocenters. The van der Waals surface area contributed by atoms with E-state index in [4.69, 9.17) is 10.3 Å². The van der Waals surface area contributed by atoms with Gasteiger partial charge in [0.2, 0.25) is 0 Å². The summed E-state index contributed by atoms with van der Waals surface area (Å²) in [5, 5.41) is 10.7. The molecule has 2 aliphatic rings. The summed E-state index contributed by atoms with van der Waals surface area (Å²) < 4.78 is 0. The summed E-state index contributed by atoms with van der Waals surface area (Å²) in [5.41, 5.74) is 3.61. The molecule has 5 nitrogen and oxygen atoms in total. The molecule has 260 valence electrons. The van der Waals surface area contributed by atoms with Crippen LogP contribution in [-0.4, -0.2) is 48.5 Å². The molecule has 4 rings (SSSR count). The number of aliphatic imine (C=N–C) groups is 1. The van der Waals surface area contributed by atoms with Gasteiger partial charge in [-0.1, -0.05) is 109 Å². The fraction of sp³-hybridized carbons (Fsp3) is 0.659. The molecule has 2 aromatic rings. The number of rotatable bonds is 18. The van der Waals surface area contributed by atoms with Crippen LogP contribution in [0.3, 0.4) is 0 Å². The number of nitrogens with two attached hydrogens (primary N) is 1. The Morgan fingerprint density at radius 3 is 1.94 bits per heavy atom. The Morgan fingerprint density at radius 2 is 1.36 bits per heavy atom. The number of primary amides is 1. The molecule has 0 aromatic heterocycles. The van der Waals surface area contributed by atoms with Crippen molar-refractivity contribution in [3.8, 4) is 0 Å². The first-order valence-electron chi connectivity index (χ1n) is 19.4. The molecule has 2 aliphatic carbocycles. The summed E-state index contributed by atoms with van der Waals surface area (Å²) >= 11 is 0. The van der Waals surface area contributed by atoms with Gasteiger partial charge in [-0.25, -0.2) is 4.79 Å². The highest BCUT2D eigenvalue weighted by atomic mass is 31.2. The van der Waals surface area contributed by atoms with Gasteiger partial charge in [-0.2, -0.15) is 0 Å². The van der Waals surface area contributed by atoms with Gasteiger partial charge in [-0.05, 0) is 98.8 Å². The molecule has 0 saturated heterocycles. The highest BCUT2D eigenvalue weighted by Crippen LogP contribution is 2.63. The van der Waals surface area contributed by atoms with E-state index in [2.05, 4.69) is 74.6 Å². The average molecular weight is 662 g/mol. The number of nitrogens with zero attached hydrogens (tertiary/aromatic N) is 2. The topological polar surface area (TPSA) is 72.2 Å². The normalized spacial score (nSPS) is 17.4. The van der Waals surface area contributed by atoms with Crippen molar-refractivity contribution in [2.75, 3.05) is 18.5 Å². The van der Waals surface area contributed by atoms with Gasteiger partial charge in [0.05, 0.1) is 24.6 Å². The minimum atomic E-state index is -1.02. The van der Waals surface area contributed by atoms with Gasteiger partial charge in [-0.3, -0.25) is 5.32 Å². The van der Waals surface area contributed by atoms with Gasteiger partial charge in [0.15, 0.2) is 0 Å². The maximum atomic E-state index is 14.1. The zero-order valence-electron chi connectivity index (χ0n) is 30.1. The number of carbonyl (C=O) groups is 1. The fourth-order valence-electron chi connectivity index (χ4n) is 7.53. The summed E-state index contributed by atoms with van der Waals surface area (Å²) in [5.74, 6) is 0.820. The predicted molar refractivity (Wildman–Crippen MR) is 205 cm³/mol. The van der Waals surface area contributed by atoms with Gasteiger partial charge >= 0.3 is 5.91 Å². The van der Waals surface area contributed by atoms with E-state index in [-0.39, 0.29) is 5.91 Å². The standard InChI is InChI=1S/C41H65N4OP/c1-4-7-29-47(30-8-5-2,31-9-6-3)33-35-25-27-38(28-26-35)42-40(46)39(32-34-19-13-10-14-20-34)45-41(43-36-21-15-11-16-22-36)44-37-23-17-12-18-24-37/h10,13-14,19-20,25-28,36-37,39H,4-9,11-12,15-18,21-24,29-33H2,1-3H3,(H2-,42,43,44,45,46)/p+1/t39-/m0/s1. The van der Waals surface area contributed by atoms with E-state index in [1.54, 1.807) is 0 Å². The number of carbonyl (C=O) groups excluding carboxylic acids is 1. The minimum Gasteiger partial charge on any atom is -0.425 e. The number of nitrogens with one attached hydrogen (secondary N) is 1. The van der Waals surface area contributed by atoms with E-state index in [1.807, 2.05) is 11.4 Å². The van der Waals surface area contributed by atoms with E-state index >= 15 is 0 Å². The number of quaternary nitrogens is 1. The summed E-state index contributed by atoms with van der Waals surface area (Å²) in [7, 11) is -1.02.